The average Bonchev–Trinajstić information content (AvgIpc) is 2.75. The van der Waals surface area contributed by atoms with Crippen molar-refractivity contribution in [3.8, 4) is 5.75 Å². The third kappa shape index (κ3) is 6.20. The molecule has 2 aromatic carbocycles. The largest absolute Gasteiger partial charge is 0.497 e. The van der Waals surface area contributed by atoms with Gasteiger partial charge in [0.05, 0.1) is 32.3 Å². The van der Waals surface area contributed by atoms with Crippen LogP contribution in [0.1, 0.15) is 19.3 Å². The lowest BCUT2D eigenvalue weighted by Gasteiger charge is -2.35. The molecule has 4 N–H and O–H groups in total. The molecule has 0 saturated carbocycles. The first-order valence-electron chi connectivity index (χ1n) is 9.90. The van der Waals surface area contributed by atoms with Crippen LogP contribution in [0, 0.1) is 0 Å². The van der Waals surface area contributed by atoms with Gasteiger partial charge in [0.15, 0.2) is 0 Å². The zero-order chi connectivity index (χ0) is 21.3. The van der Waals surface area contributed by atoms with Crippen molar-refractivity contribution in [1.82, 2.24) is 5.32 Å². The minimum absolute atomic E-state index is 0.148. The van der Waals surface area contributed by atoms with Gasteiger partial charge in [0, 0.05) is 17.4 Å². The number of aliphatic hydroxyl groups is 1. The number of benzene rings is 2. The summed E-state index contributed by atoms with van der Waals surface area (Å²) in [6, 6.07) is 15.5. The molecular weight excluding hydrogens is 386 g/mol. The summed E-state index contributed by atoms with van der Waals surface area (Å²) in [4.78, 5) is 24.6. The number of ether oxygens (including phenoxy) is 2. The van der Waals surface area contributed by atoms with E-state index in [9.17, 15) is 14.7 Å². The highest BCUT2D eigenvalue weighted by Crippen LogP contribution is 2.23. The standard InChI is InChI=1S/C22H27N3O5/c1-29-17-9-5-8-16(12-17)24-22(28)25-19-11-10-18(30-20(19)14-26)13-21(27)23-15-6-3-2-4-7-15/h2-9,12,18-20,26H,10-11,13-14H2,1H3,(H,23,27)(H2,24,25,28)/t18-,19-,20+/m1/s1. The lowest BCUT2D eigenvalue weighted by molar-refractivity contribution is -0.126. The number of rotatable bonds is 7. The second-order valence-corrected chi connectivity index (χ2v) is 7.11. The number of aliphatic hydroxyl groups excluding tert-OH is 1. The molecule has 1 saturated heterocycles. The van der Waals surface area contributed by atoms with E-state index in [4.69, 9.17) is 9.47 Å². The van der Waals surface area contributed by atoms with Crippen molar-refractivity contribution in [2.24, 2.45) is 0 Å². The normalized spacial score (nSPS) is 20.8. The Morgan fingerprint density at radius 3 is 2.57 bits per heavy atom. The summed E-state index contributed by atoms with van der Waals surface area (Å²) in [5.74, 6) is 0.490. The van der Waals surface area contributed by atoms with Crippen LogP contribution in [0.5, 0.6) is 5.75 Å². The van der Waals surface area contributed by atoms with E-state index in [1.807, 2.05) is 30.3 Å². The van der Waals surface area contributed by atoms with E-state index in [2.05, 4.69) is 16.0 Å². The highest BCUT2D eigenvalue weighted by Gasteiger charge is 2.33. The van der Waals surface area contributed by atoms with Crippen LogP contribution in [0.15, 0.2) is 54.6 Å². The van der Waals surface area contributed by atoms with Crippen molar-refractivity contribution in [3.05, 3.63) is 54.6 Å². The maximum Gasteiger partial charge on any atom is 0.319 e. The van der Waals surface area contributed by atoms with E-state index in [1.165, 1.54) is 0 Å². The lowest BCUT2D eigenvalue weighted by atomic mass is 9.97. The molecule has 0 radical (unpaired) electrons. The van der Waals surface area contributed by atoms with Gasteiger partial charge < -0.3 is 30.5 Å². The molecule has 0 bridgehead atoms. The number of amides is 3. The quantitative estimate of drug-likeness (QED) is 0.558. The summed E-state index contributed by atoms with van der Waals surface area (Å²) in [7, 11) is 1.56. The Kier molecular flexibility index (Phi) is 7.64. The van der Waals surface area contributed by atoms with Crippen LogP contribution in [-0.4, -0.2) is 49.0 Å². The monoisotopic (exact) mass is 413 g/mol. The molecule has 0 aliphatic carbocycles. The SMILES string of the molecule is COc1cccc(NC(=O)N[C@@H]2CC[C@H](CC(=O)Nc3ccccc3)O[C@H]2CO)c1. The number of hydrogen-bond acceptors (Lipinski definition) is 5. The van der Waals surface area contributed by atoms with E-state index < -0.39 is 12.1 Å². The summed E-state index contributed by atoms with van der Waals surface area (Å²) in [6.45, 7) is -0.249. The molecule has 1 aliphatic rings. The van der Waals surface area contributed by atoms with E-state index in [1.54, 1.807) is 31.4 Å². The Morgan fingerprint density at radius 1 is 1.07 bits per heavy atom. The Morgan fingerprint density at radius 2 is 1.83 bits per heavy atom. The smallest absolute Gasteiger partial charge is 0.319 e. The minimum atomic E-state index is -0.579. The Labute approximate surface area is 175 Å². The van der Waals surface area contributed by atoms with Gasteiger partial charge in [0.2, 0.25) is 5.91 Å². The number of carbonyl (C=O) groups excluding carboxylic acids is 2. The number of hydrogen-bond donors (Lipinski definition) is 4. The molecule has 1 fully saturated rings. The number of urea groups is 1. The van der Waals surface area contributed by atoms with Gasteiger partial charge in [-0.2, -0.15) is 0 Å². The topological polar surface area (TPSA) is 109 Å². The van der Waals surface area contributed by atoms with Crippen LogP contribution >= 0.6 is 0 Å². The molecule has 8 heteroatoms. The number of methoxy groups -OCH3 is 1. The summed E-state index contributed by atoms with van der Waals surface area (Å²) in [6.07, 6.45) is 0.492. The molecule has 0 aromatic heterocycles. The van der Waals surface area contributed by atoms with Crippen molar-refractivity contribution in [2.45, 2.75) is 37.5 Å². The van der Waals surface area contributed by atoms with E-state index in [0.717, 1.165) is 5.69 Å². The van der Waals surface area contributed by atoms with Crippen LogP contribution in [0.3, 0.4) is 0 Å². The lowest BCUT2D eigenvalue weighted by Crippen LogP contribution is -2.52. The molecule has 2 aromatic rings. The maximum absolute atomic E-state index is 12.3. The van der Waals surface area contributed by atoms with Crippen molar-refractivity contribution in [3.63, 3.8) is 0 Å². The maximum atomic E-state index is 12.3. The van der Waals surface area contributed by atoms with Gasteiger partial charge >= 0.3 is 6.03 Å². The fraction of sp³-hybridized carbons (Fsp3) is 0.364. The number of anilines is 2. The first-order valence-corrected chi connectivity index (χ1v) is 9.90. The van der Waals surface area contributed by atoms with Gasteiger partial charge in [0.25, 0.3) is 0 Å². The molecule has 8 nitrogen and oxygen atoms in total. The number of carbonyl (C=O) groups is 2. The van der Waals surface area contributed by atoms with Crippen LogP contribution in [0.25, 0.3) is 0 Å². The van der Waals surface area contributed by atoms with Crippen LogP contribution in [-0.2, 0) is 9.53 Å². The Hall–Kier alpha value is -3.10. The fourth-order valence-electron chi connectivity index (χ4n) is 3.42. The van der Waals surface area contributed by atoms with Gasteiger partial charge in [-0.15, -0.1) is 0 Å². The van der Waals surface area contributed by atoms with Gasteiger partial charge in [-0.25, -0.2) is 4.79 Å². The zero-order valence-corrected chi connectivity index (χ0v) is 16.8. The highest BCUT2D eigenvalue weighted by molar-refractivity contribution is 5.91. The van der Waals surface area contributed by atoms with Crippen LogP contribution < -0.4 is 20.7 Å². The predicted octanol–water partition coefficient (Wildman–Crippen LogP) is 2.75. The molecule has 1 aliphatic heterocycles. The zero-order valence-electron chi connectivity index (χ0n) is 16.8. The third-order valence-electron chi connectivity index (χ3n) is 4.91. The van der Waals surface area contributed by atoms with Crippen molar-refractivity contribution in [2.75, 3.05) is 24.4 Å². The molecule has 0 spiro atoms. The number of para-hydroxylation sites is 1. The first-order chi connectivity index (χ1) is 14.6. The van der Waals surface area contributed by atoms with Crippen LogP contribution in [0.2, 0.25) is 0 Å². The minimum Gasteiger partial charge on any atom is -0.497 e. The highest BCUT2D eigenvalue weighted by atomic mass is 16.5. The van der Waals surface area contributed by atoms with Crippen LogP contribution in [0.4, 0.5) is 16.2 Å². The molecule has 160 valence electrons. The molecule has 3 atom stereocenters. The molecule has 3 rings (SSSR count). The molecule has 1 heterocycles. The summed E-state index contributed by atoms with van der Waals surface area (Å²) >= 11 is 0. The molecule has 0 unspecified atom stereocenters. The fourth-order valence-corrected chi connectivity index (χ4v) is 3.42. The van der Waals surface area contributed by atoms with Gasteiger partial charge in [-0.3, -0.25) is 4.79 Å². The van der Waals surface area contributed by atoms with Crippen molar-refractivity contribution in [1.29, 1.82) is 0 Å². The van der Waals surface area contributed by atoms with Crippen molar-refractivity contribution < 1.29 is 24.2 Å². The average molecular weight is 413 g/mol. The second-order valence-electron chi connectivity index (χ2n) is 7.11. The second kappa shape index (κ2) is 10.6. The van der Waals surface area contributed by atoms with Gasteiger partial charge in [-0.05, 0) is 37.1 Å². The van der Waals surface area contributed by atoms with Gasteiger partial charge in [-0.1, -0.05) is 24.3 Å². The molecule has 3 amide bonds. The predicted molar refractivity (Wildman–Crippen MR) is 114 cm³/mol. The summed E-state index contributed by atoms with van der Waals surface area (Å²) in [5, 5.41) is 18.1. The van der Waals surface area contributed by atoms with E-state index in [0.29, 0.717) is 24.3 Å². The first kappa shape index (κ1) is 21.6. The van der Waals surface area contributed by atoms with Crippen molar-refractivity contribution >= 4 is 23.3 Å². The summed E-state index contributed by atoms with van der Waals surface area (Å²) in [5.41, 5.74) is 1.32. The Balaban J connectivity index is 1.48. The van der Waals surface area contributed by atoms with Gasteiger partial charge in [0.1, 0.15) is 11.9 Å². The summed E-state index contributed by atoms with van der Waals surface area (Å²) < 4.78 is 11.0. The van der Waals surface area contributed by atoms with E-state index >= 15 is 0 Å². The Bertz CT molecular complexity index is 846. The molecular formula is C22H27N3O5. The third-order valence-corrected chi connectivity index (χ3v) is 4.91. The molecule has 30 heavy (non-hydrogen) atoms. The van der Waals surface area contributed by atoms with E-state index in [-0.39, 0.29) is 31.1 Å². The number of nitrogens with one attached hydrogen (secondary N) is 3.